The number of benzene rings is 1. The van der Waals surface area contributed by atoms with Crippen LogP contribution in [-0.4, -0.2) is 25.1 Å². The van der Waals surface area contributed by atoms with Crippen LogP contribution in [0.5, 0.6) is 5.75 Å². The molecule has 2 N–H and O–H groups in total. The maximum Gasteiger partial charge on any atom is 0.224 e. The fourth-order valence-corrected chi connectivity index (χ4v) is 2.98. The molecule has 2 rings (SSSR count). The third-order valence-electron chi connectivity index (χ3n) is 4.23. The number of carbonyl (C=O) groups is 1. The van der Waals surface area contributed by atoms with Gasteiger partial charge >= 0.3 is 0 Å². The Morgan fingerprint density at radius 1 is 1.42 bits per heavy atom. The van der Waals surface area contributed by atoms with E-state index in [4.69, 9.17) is 4.74 Å². The molecule has 0 radical (unpaired) electrons. The van der Waals surface area contributed by atoms with E-state index in [-0.39, 0.29) is 30.2 Å². The highest BCUT2D eigenvalue weighted by Crippen LogP contribution is 2.28. The topological polar surface area (TPSA) is 50.4 Å². The summed E-state index contributed by atoms with van der Waals surface area (Å²) in [6, 6.07) is 4.20. The Kier molecular flexibility index (Phi) is 8.50. The molecular weight excluding hydrogens is 331 g/mol. The Labute approximate surface area is 149 Å². The lowest BCUT2D eigenvalue weighted by Crippen LogP contribution is -2.34. The third kappa shape index (κ3) is 6.29. The summed E-state index contributed by atoms with van der Waals surface area (Å²) in [7, 11) is 0. The van der Waals surface area contributed by atoms with Crippen molar-refractivity contribution >= 4 is 24.0 Å². The van der Waals surface area contributed by atoms with Crippen LogP contribution >= 0.6 is 12.4 Å². The highest BCUT2D eigenvalue weighted by molar-refractivity contribution is 5.92. The van der Waals surface area contributed by atoms with Crippen molar-refractivity contribution in [1.82, 2.24) is 5.32 Å². The molecule has 2 unspecified atom stereocenters. The predicted molar refractivity (Wildman–Crippen MR) is 97.4 cm³/mol. The van der Waals surface area contributed by atoms with Gasteiger partial charge in [0.25, 0.3) is 0 Å². The molecule has 4 nitrogen and oxygen atoms in total. The van der Waals surface area contributed by atoms with Gasteiger partial charge < -0.3 is 15.4 Å². The molecule has 0 aliphatic carbocycles. The zero-order valence-corrected chi connectivity index (χ0v) is 15.4. The normalized spacial score (nSPS) is 18.6. The lowest BCUT2D eigenvalue weighted by atomic mass is 9.85. The first-order valence-electron chi connectivity index (χ1n) is 8.42. The number of anilines is 1. The van der Waals surface area contributed by atoms with Crippen LogP contribution in [0.1, 0.15) is 40.0 Å². The molecule has 1 heterocycles. The van der Waals surface area contributed by atoms with Crippen LogP contribution in [0.3, 0.4) is 0 Å². The second kappa shape index (κ2) is 9.84. The van der Waals surface area contributed by atoms with Crippen LogP contribution in [0.25, 0.3) is 0 Å². The van der Waals surface area contributed by atoms with E-state index >= 15 is 0 Å². The van der Waals surface area contributed by atoms with Crippen LogP contribution in [0, 0.1) is 17.7 Å². The number of amides is 1. The van der Waals surface area contributed by atoms with E-state index in [2.05, 4.69) is 17.6 Å². The van der Waals surface area contributed by atoms with Gasteiger partial charge in [-0.2, -0.15) is 0 Å². The van der Waals surface area contributed by atoms with Crippen molar-refractivity contribution in [1.29, 1.82) is 0 Å². The minimum absolute atomic E-state index is 0. The van der Waals surface area contributed by atoms with Crippen molar-refractivity contribution in [3.8, 4) is 5.75 Å². The molecule has 0 bridgehead atoms. The first-order chi connectivity index (χ1) is 11.0. The highest BCUT2D eigenvalue weighted by atomic mass is 35.5. The lowest BCUT2D eigenvalue weighted by molar-refractivity contribution is -0.117. The number of hydrogen-bond acceptors (Lipinski definition) is 3. The van der Waals surface area contributed by atoms with Gasteiger partial charge in [0.15, 0.2) is 0 Å². The van der Waals surface area contributed by atoms with Crippen molar-refractivity contribution in [2.24, 2.45) is 11.8 Å². The fourth-order valence-electron chi connectivity index (χ4n) is 2.98. The van der Waals surface area contributed by atoms with Gasteiger partial charge in [0.2, 0.25) is 5.91 Å². The monoisotopic (exact) mass is 358 g/mol. The maximum atomic E-state index is 13.5. The fraction of sp³-hybridized carbons (Fsp3) is 0.611. The van der Waals surface area contributed by atoms with E-state index in [9.17, 15) is 9.18 Å². The molecule has 1 amide bonds. The second-order valence-corrected chi connectivity index (χ2v) is 6.64. The van der Waals surface area contributed by atoms with Crippen LogP contribution in [0.15, 0.2) is 18.2 Å². The zero-order valence-electron chi connectivity index (χ0n) is 14.6. The third-order valence-corrected chi connectivity index (χ3v) is 4.23. The summed E-state index contributed by atoms with van der Waals surface area (Å²) < 4.78 is 19.1. The minimum atomic E-state index is -0.388. The van der Waals surface area contributed by atoms with E-state index in [1.165, 1.54) is 12.1 Å². The molecular formula is C18H28ClFN2O2. The molecule has 6 heteroatoms. The SMILES string of the molecule is CC(C)Oc1ccc(F)cc1NC(=O)CC(C)C1CCCNC1.Cl. The Morgan fingerprint density at radius 3 is 2.79 bits per heavy atom. The molecule has 0 saturated carbocycles. The van der Waals surface area contributed by atoms with Crippen molar-refractivity contribution in [2.45, 2.75) is 46.1 Å². The maximum absolute atomic E-state index is 13.5. The molecule has 136 valence electrons. The molecule has 24 heavy (non-hydrogen) atoms. The zero-order chi connectivity index (χ0) is 16.8. The van der Waals surface area contributed by atoms with E-state index in [1.54, 1.807) is 6.07 Å². The molecule has 1 aliphatic heterocycles. The van der Waals surface area contributed by atoms with Crippen molar-refractivity contribution in [3.05, 3.63) is 24.0 Å². The first kappa shape index (κ1) is 20.7. The summed E-state index contributed by atoms with van der Waals surface area (Å²) in [5, 5.41) is 6.18. The number of carbonyl (C=O) groups excluding carboxylic acids is 1. The summed E-state index contributed by atoms with van der Waals surface area (Å²) in [5.74, 6) is 0.837. The van der Waals surface area contributed by atoms with E-state index in [0.29, 0.717) is 29.7 Å². The van der Waals surface area contributed by atoms with Crippen LogP contribution in [-0.2, 0) is 4.79 Å². The molecule has 0 aromatic heterocycles. The van der Waals surface area contributed by atoms with Gasteiger partial charge in [-0.25, -0.2) is 4.39 Å². The molecule has 1 aliphatic rings. The summed E-state index contributed by atoms with van der Waals surface area (Å²) in [5.41, 5.74) is 0.401. The molecule has 1 aromatic rings. The highest BCUT2D eigenvalue weighted by Gasteiger charge is 2.22. The van der Waals surface area contributed by atoms with E-state index in [1.807, 2.05) is 13.8 Å². The van der Waals surface area contributed by atoms with Crippen molar-refractivity contribution < 1.29 is 13.9 Å². The number of rotatable bonds is 6. The second-order valence-electron chi connectivity index (χ2n) is 6.64. The van der Waals surface area contributed by atoms with Crippen LogP contribution < -0.4 is 15.4 Å². The average molecular weight is 359 g/mol. The number of nitrogens with one attached hydrogen (secondary N) is 2. The Hall–Kier alpha value is -1.33. The number of ether oxygens (including phenoxy) is 1. The number of halogens is 2. The van der Waals surface area contributed by atoms with Gasteiger partial charge in [0.05, 0.1) is 11.8 Å². The van der Waals surface area contributed by atoms with Crippen LogP contribution in [0.2, 0.25) is 0 Å². The van der Waals surface area contributed by atoms with Gasteiger partial charge in [-0.1, -0.05) is 6.92 Å². The number of hydrogen-bond donors (Lipinski definition) is 2. The van der Waals surface area contributed by atoms with Crippen LogP contribution in [0.4, 0.5) is 10.1 Å². The molecule has 1 aromatic carbocycles. The quantitative estimate of drug-likeness (QED) is 0.808. The minimum Gasteiger partial charge on any atom is -0.489 e. The van der Waals surface area contributed by atoms with Gasteiger partial charge in [0, 0.05) is 12.5 Å². The summed E-state index contributed by atoms with van der Waals surface area (Å²) in [6.45, 7) is 7.93. The molecule has 1 fully saturated rings. The smallest absolute Gasteiger partial charge is 0.224 e. The summed E-state index contributed by atoms with van der Waals surface area (Å²) in [6.07, 6.45) is 2.71. The molecule has 1 saturated heterocycles. The largest absolute Gasteiger partial charge is 0.489 e. The summed E-state index contributed by atoms with van der Waals surface area (Å²) in [4.78, 5) is 12.3. The molecule has 0 spiro atoms. The Morgan fingerprint density at radius 2 is 2.17 bits per heavy atom. The standard InChI is InChI=1S/C18H27FN2O2.ClH/c1-12(2)23-17-7-6-15(19)10-16(17)21-18(22)9-13(3)14-5-4-8-20-11-14;/h6-7,10,12-14,20H,4-5,8-9,11H2,1-3H3,(H,21,22);1H. The Balaban J connectivity index is 0.00000288. The van der Waals surface area contributed by atoms with Crippen molar-refractivity contribution in [2.75, 3.05) is 18.4 Å². The lowest BCUT2D eigenvalue weighted by Gasteiger charge is -2.28. The number of piperidine rings is 1. The van der Waals surface area contributed by atoms with Gasteiger partial charge in [-0.3, -0.25) is 4.79 Å². The molecule has 2 atom stereocenters. The first-order valence-corrected chi connectivity index (χ1v) is 8.42. The Bertz CT molecular complexity index is 534. The summed E-state index contributed by atoms with van der Waals surface area (Å²) >= 11 is 0. The van der Waals surface area contributed by atoms with E-state index < -0.39 is 0 Å². The van der Waals surface area contributed by atoms with Gasteiger partial charge in [-0.15, -0.1) is 12.4 Å². The average Bonchev–Trinajstić information content (AvgIpc) is 2.50. The van der Waals surface area contributed by atoms with Gasteiger partial charge in [0.1, 0.15) is 11.6 Å². The van der Waals surface area contributed by atoms with E-state index in [0.717, 1.165) is 25.9 Å². The predicted octanol–water partition coefficient (Wildman–Crippen LogP) is 4.00. The van der Waals surface area contributed by atoms with Crippen molar-refractivity contribution in [3.63, 3.8) is 0 Å². The van der Waals surface area contributed by atoms with Gasteiger partial charge in [-0.05, 0) is 63.7 Å².